The van der Waals surface area contributed by atoms with E-state index in [0.29, 0.717) is 37.3 Å². The molecule has 10 heteroatoms. The van der Waals surface area contributed by atoms with E-state index in [0.717, 1.165) is 5.56 Å². The van der Waals surface area contributed by atoms with E-state index in [-0.39, 0.29) is 23.4 Å². The van der Waals surface area contributed by atoms with Gasteiger partial charge in [-0.15, -0.1) is 0 Å². The molecule has 0 fully saturated rings. The maximum absolute atomic E-state index is 12.7. The summed E-state index contributed by atoms with van der Waals surface area (Å²) in [5, 5.41) is 22.1. The number of carboxylic acid groups (broad SMARTS) is 1. The third-order valence-electron chi connectivity index (χ3n) is 4.74. The first-order valence-corrected chi connectivity index (χ1v) is 12.3. The smallest absolute Gasteiger partial charge is 0.335 e. The molecule has 1 amide bonds. The number of halogens is 3. The highest BCUT2D eigenvalue weighted by molar-refractivity contribution is 14.1. The minimum Gasteiger partial charge on any atom is -0.490 e. The number of ether oxygens (including phenoxy) is 2. The van der Waals surface area contributed by atoms with Gasteiger partial charge in [-0.25, -0.2) is 4.79 Å². The fraction of sp³-hybridized carbons (Fsp3) is 0.115. The van der Waals surface area contributed by atoms with Gasteiger partial charge in [-0.3, -0.25) is 4.79 Å². The first-order chi connectivity index (χ1) is 17.2. The van der Waals surface area contributed by atoms with Crippen LogP contribution in [0, 0.1) is 14.9 Å². The molecule has 0 atom stereocenters. The highest BCUT2D eigenvalue weighted by atomic mass is 127. The lowest BCUT2D eigenvalue weighted by atomic mass is 10.1. The Bertz CT molecular complexity index is 1390. The first-order valence-electron chi connectivity index (χ1n) is 10.5. The quantitative estimate of drug-likeness (QED) is 0.152. The van der Waals surface area contributed by atoms with Crippen LogP contribution in [0.5, 0.6) is 11.5 Å². The number of rotatable bonds is 9. The van der Waals surface area contributed by atoms with Gasteiger partial charge in [0.15, 0.2) is 11.5 Å². The van der Waals surface area contributed by atoms with E-state index in [1.807, 2.05) is 19.1 Å². The summed E-state index contributed by atoms with van der Waals surface area (Å²) in [6.07, 6.45) is 1.42. The largest absolute Gasteiger partial charge is 0.490 e. The number of carbonyl (C=O) groups is 2. The van der Waals surface area contributed by atoms with Crippen molar-refractivity contribution in [2.45, 2.75) is 13.5 Å². The Labute approximate surface area is 231 Å². The lowest BCUT2D eigenvalue weighted by Gasteiger charge is -2.15. The fourth-order valence-corrected chi connectivity index (χ4v) is 4.20. The molecule has 0 saturated carbocycles. The van der Waals surface area contributed by atoms with Gasteiger partial charge < -0.3 is 19.9 Å². The molecule has 2 N–H and O–H groups in total. The van der Waals surface area contributed by atoms with Gasteiger partial charge >= 0.3 is 5.97 Å². The van der Waals surface area contributed by atoms with Crippen molar-refractivity contribution in [3.05, 3.63) is 90.5 Å². The molecular weight excluding hydrogens is 618 g/mol. The molecule has 3 aromatic rings. The Morgan fingerprint density at radius 3 is 2.56 bits per heavy atom. The lowest BCUT2D eigenvalue weighted by molar-refractivity contribution is -0.112. The van der Waals surface area contributed by atoms with Crippen molar-refractivity contribution in [3.8, 4) is 17.6 Å². The zero-order chi connectivity index (χ0) is 26.2. The van der Waals surface area contributed by atoms with Crippen molar-refractivity contribution in [2.24, 2.45) is 0 Å². The van der Waals surface area contributed by atoms with Crippen molar-refractivity contribution in [3.63, 3.8) is 0 Å². The molecule has 0 radical (unpaired) electrons. The van der Waals surface area contributed by atoms with Gasteiger partial charge in [0.25, 0.3) is 5.91 Å². The van der Waals surface area contributed by atoms with Crippen molar-refractivity contribution >= 4 is 69.4 Å². The van der Waals surface area contributed by atoms with E-state index in [4.69, 9.17) is 37.8 Å². The predicted molar refractivity (Wildman–Crippen MR) is 147 cm³/mol. The number of carbonyl (C=O) groups excluding carboxylic acids is 1. The number of anilines is 1. The summed E-state index contributed by atoms with van der Waals surface area (Å²) in [7, 11) is 0. The van der Waals surface area contributed by atoms with Crippen LogP contribution in [-0.4, -0.2) is 23.6 Å². The Hall–Kier alpha value is -3.26. The highest BCUT2D eigenvalue weighted by Crippen LogP contribution is 2.36. The summed E-state index contributed by atoms with van der Waals surface area (Å²) in [6, 6.07) is 16.3. The molecule has 0 aliphatic carbocycles. The number of hydrogen-bond donors (Lipinski definition) is 2. The second-order valence-electron chi connectivity index (χ2n) is 7.31. The summed E-state index contributed by atoms with van der Waals surface area (Å²) in [4.78, 5) is 23.8. The lowest BCUT2D eigenvalue weighted by Crippen LogP contribution is -2.14. The molecular formula is C26H19Cl2IN2O5. The van der Waals surface area contributed by atoms with E-state index in [1.54, 1.807) is 24.3 Å². The Morgan fingerprint density at radius 1 is 1.11 bits per heavy atom. The van der Waals surface area contributed by atoms with Crippen LogP contribution < -0.4 is 14.8 Å². The van der Waals surface area contributed by atoms with Gasteiger partial charge in [-0.2, -0.15) is 5.26 Å². The minimum absolute atomic E-state index is 0.0163. The first kappa shape index (κ1) is 27.3. The van der Waals surface area contributed by atoms with E-state index in [1.165, 1.54) is 30.3 Å². The molecule has 0 aromatic heterocycles. The predicted octanol–water partition coefficient (Wildman–Crippen LogP) is 6.82. The molecule has 0 spiro atoms. The summed E-state index contributed by atoms with van der Waals surface area (Å²) in [6.45, 7) is 2.43. The van der Waals surface area contributed by atoms with Crippen LogP contribution in [0.2, 0.25) is 10.0 Å². The monoisotopic (exact) mass is 636 g/mol. The molecule has 184 valence electrons. The molecule has 3 aromatic carbocycles. The van der Waals surface area contributed by atoms with Gasteiger partial charge in [0.05, 0.1) is 25.8 Å². The molecule has 7 nitrogen and oxygen atoms in total. The average molecular weight is 637 g/mol. The fourth-order valence-electron chi connectivity index (χ4n) is 3.10. The van der Waals surface area contributed by atoms with E-state index in [2.05, 4.69) is 27.9 Å². The summed E-state index contributed by atoms with van der Waals surface area (Å²) in [5.41, 5.74) is 1.48. The topological polar surface area (TPSA) is 109 Å². The third-order valence-corrected chi connectivity index (χ3v) is 6.28. The minimum atomic E-state index is -1.12. The molecule has 0 heterocycles. The SMILES string of the molecule is CCOc1cc(/C=C(/C#N)C(=O)Nc2cccc(C(=O)O)c2)cc(I)c1OCc1ccc(Cl)c(Cl)c1. The number of nitrogens with one attached hydrogen (secondary N) is 1. The molecule has 3 rings (SSSR count). The third kappa shape index (κ3) is 7.13. The van der Waals surface area contributed by atoms with Crippen LogP contribution >= 0.6 is 45.8 Å². The normalized spacial score (nSPS) is 10.9. The van der Waals surface area contributed by atoms with E-state index in [9.17, 15) is 14.9 Å². The molecule has 0 saturated heterocycles. The van der Waals surface area contributed by atoms with Crippen LogP contribution in [0.15, 0.2) is 60.2 Å². The zero-order valence-electron chi connectivity index (χ0n) is 18.8. The zero-order valence-corrected chi connectivity index (χ0v) is 22.5. The second kappa shape index (κ2) is 12.6. The van der Waals surface area contributed by atoms with Crippen molar-refractivity contribution in [1.82, 2.24) is 0 Å². The van der Waals surface area contributed by atoms with Crippen LogP contribution in [0.4, 0.5) is 5.69 Å². The number of aromatic carboxylic acids is 1. The number of nitrogens with zero attached hydrogens (tertiary/aromatic N) is 1. The van der Waals surface area contributed by atoms with E-state index >= 15 is 0 Å². The number of hydrogen-bond acceptors (Lipinski definition) is 5. The summed E-state index contributed by atoms with van der Waals surface area (Å²) in [5.74, 6) is -0.841. The maximum Gasteiger partial charge on any atom is 0.335 e. The maximum atomic E-state index is 12.7. The van der Waals surface area contributed by atoms with Gasteiger partial charge in [0.1, 0.15) is 18.2 Å². The molecule has 0 unspecified atom stereocenters. The Balaban J connectivity index is 1.85. The van der Waals surface area contributed by atoms with Crippen LogP contribution in [-0.2, 0) is 11.4 Å². The second-order valence-corrected chi connectivity index (χ2v) is 9.29. The van der Waals surface area contributed by atoms with E-state index < -0.39 is 11.9 Å². The van der Waals surface area contributed by atoms with Crippen molar-refractivity contribution in [2.75, 3.05) is 11.9 Å². The van der Waals surface area contributed by atoms with Crippen LogP contribution in [0.3, 0.4) is 0 Å². The van der Waals surface area contributed by atoms with Gasteiger partial charge in [0.2, 0.25) is 0 Å². The molecule has 0 bridgehead atoms. The van der Waals surface area contributed by atoms with Gasteiger partial charge in [-0.1, -0.05) is 35.3 Å². The Morgan fingerprint density at radius 2 is 1.89 bits per heavy atom. The highest BCUT2D eigenvalue weighted by Gasteiger charge is 2.15. The number of carboxylic acids is 1. The average Bonchev–Trinajstić information content (AvgIpc) is 2.84. The van der Waals surface area contributed by atoms with Crippen molar-refractivity contribution < 1.29 is 24.2 Å². The molecule has 0 aliphatic rings. The van der Waals surface area contributed by atoms with Gasteiger partial charge in [-0.05, 0) is 89.2 Å². The summed E-state index contributed by atoms with van der Waals surface area (Å²) >= 11 is 14.1. The van der Waals surface area contributed by atoms with Gasteiger partial charge in [0, 0.05) is 5.69 Å². The number of nitriles is 1. The molecule has 0 aliphatic heterocycles. The molecule has 36 heavy (non-hydrogen) atoms. The van der Waals surface area contributed by atoms with Crippen LogP contribution in [0.1, 0.15) is 28.4 Å². The Kier molecular flexibility index (Phi) is 9.58. The summed E-state index contributed by atoms with van der Waals surface area (Å²) < 4.78 is 12.5. The van der Waals surface area contributed by atoms with Crippen LogP contribution in [0.25, 0.3) is 6.08 Å². The number of benzene rings is 3. The standard InChI is InChI=1S/C26H19Cl2IN2O5/c1-2-35-23-11-16(10-22(29)24(23)36-14-15-6-7-20(27)21(28)9-15)8-18(13-30)25(32)31-19-5-3-4-17(12-19)26(33)34/h3-12H,2,14H2,1H3,(H,31,32)(H,33,34)/b18-8-. The van der Waals surface area contributed by atoms with Crippen molar-refractivity contribution in [1.29, 1.82) is 5.26 Å². The number of amides is 1.